The molecule has 3 aromatic rings. The van der Waals surface area contributed by atoms with Crippen LogP contribution in [-0.4, -0.2) is 42.2 Å². The van der Waals surface area contributed by atoms with E-state index < -0.39 is 11.8 Å². The molecule has 164 valence electrons. The summed E-state index contributed by atoms with van der Waals surface area (Å²) in [5.41, 5.74) is 2.00. The normalized spacial score (nSPS) is 15.2. The molecular formula is C23H19ClN2O5S. The second-order valence-corrected chi connectivity index (χ2v) is 8.41. The third kappa shape index (κ3) is 4.57. The number of thioether (sulfide) groups is 1. The third-order valence-corrected chi connectivity index (χ3v) is 6.01. The summed E-state index contributed by atoms with van der Waals surface area (Å²) in [6, 6.07) is 14.3. The summed E-state index contributed by atoms with van der Waals surface area (Å²) in [4.78, 5) is 39.1. The highest BCUT2D eigenvalue weighted by Crippen LogP contribution is 2.32. The van der Waals surface area contributed by atoms with Gasteiger partial charge in [0.25, 0.3) is 17.1 Å². The van der Waals surface area contributed by atoms with Gasteiger partial charge in [0, 0.05) is 36.2 Å². The van der Waals surface area contributed by atoms with Crippen LogP contribution in [0.15, 0.2) is 57.9 Å². The van der Waals surface area contributed by atoms with Gasteiger partial charge in [-0.25, -0.2) is 0 Å². The third-order valence-electron chi connectivity index (χ3n) is 4.86. The zero-order chi connectivity index (χ0) is 22.7. The van der Waals surface area contributed by atoms with E-state index in [0.29, 0.717) is 21.1 Å². The minimum atomic E-state index is -0.433. The number of hydrogen-bond acceptors (Lipinski definition) is 6. The number of halogens is 1. The Morgan fingerprint density at radius 3 is 2.69 bits per heavy atom. The van der Waals surface area contributed by atoms with Crippen LogP contribution in [0.4, 0.5) is 4.79 Å². The van der Waals surface area contributed by atoms with Gasteiger partial charge in [0.05, 0.1) is 11.5 Å². The highest BCUT2D eigenvalue weighted by molar-refractivity contribution is 8.18. The molecule has 3 amide bonds. The van der Waals surface area contributed by atoms with E-state index >= 15 is 0 Å². The maximum atomic E-state index is 12.7. The largest absolute Gasteiger partial charge is 0.451 e. The SMILES string of the molecule is COCc1c(C(=O)NCCN2C(=O)S/C(=C\c3ccc(Cl)cc3)C2=O)oc2ccccc12. The quantitative estimate of drug-likeness (QED) is 0.503. The van der Waals surface area contributed by atoms with Crippen molar-refractivity contribution in [1.82, 2.24) is 10.2 Å². The Morgan fingerprint density at radius 2 is 1.94 bits per heavy atom. The molecule has 9 heteroatoms. The van der Waals surface area contributed by atoms with Gasteiger partial charge in [-0.1, -0.05) is 41.9 Å². The molecule has 1 N–H and O–H groups in total. The van der Waals surface area contributed by atoms with E-state index in [1.54, 1.807) is 43.5 Å². The highest BCUT2D eigenvalue weighted by Gasteiger charge is 2.34. The van der Waals surface area contributed by atoms with Gasteiger partial charge in [-0.05, 0) is 41.6 Å². The summed E-state index contributed by atoms with van der Waals surface area (Å²) in [6.45, 7) is 0.362. The van der Waals surface area contributed by atoms with Gasteiger partial charge in [0.2, 0.25) is 0 Å². The fraction of sp³-hybridized carbons (Fsp3) is 0.174. The van der Waals surface area contributed by atoms with E-state index in [1.807, 2.05) is 18.2 Å². The van der Waals surface area contributed by atoms with Crippen molar-refractivity contribution < 1.29 is 23.5 Å². The monoisotopic (exact) mass is 470 g/mol. The molecule has 2 heterocycles. The van der Waals surface area contributed by atoms with E-state index in [1.165, 1.54) is 0 Å². The number of methoxy groups -OCH3 is 1. The molecule has 0 spiro atoms. The van der Waals surface area contributed by atoms with Gasteiger partial charge in [0.15, 0.2) is 5.76 Å². The lowest BCUT2D eigenvalue weighted by molar-refractivity contribution is -0.122. The molecule has 32 heavy (non-hydrogen) atoms. The number of para-hydroxylation sites is 1. The van der Waals surface area contributed by atoms with Crippen molar-refractivity contribution in [1.29, 1.82) is 0 Å². The number of hydrogen-bond donors (Lipinski definition) is 1. The summed E-state index contributed by atoms with van der Waals surface area (Å²) >= 11 is 6.74. The number of ether oxygens (including phenoxy) is 1. The first-order chi connectivity index (χ1) is 15.5. The van der Waals surface area contributed by atoms with Gasteiger partial charge in [-0.15, -0.1) is 0 Å². The number of carbonyl (C=O) groups is 3. The Hall–Kier alpha value is -3.07. The lowest BCUT2D eigenvalue weighted by Crippen LogP contribution is -2.37. The number of nitrogens with zero attached hydrogens (tertiary/aromatic N) is 1. The van der Waals surface area contributed by atoms with Crippen LogP contribution in [0, 0.1) is 0 Å². The predicted molar refractivity (Wildman–Crippen MR) is 123 cm³/mol. The van der Waals surface area contributed by atoms with Crippen molar-refractivity contribution in [2.24, 2.45) is 0 Å². The second-order valence-electron chi connectivity index (χ2n) is 6.98. The summed E-state index contributed by atoms with van der Waals surface area (Å²) in [7, 11) is 1.54. The standard InChI is InChI=1S/C23H19ClN2O5S/c1-30-13-17-16-4-2-3-5-18(16)31-20(17)21(27)25-10-11-26-22(28)19(32-23(26)29)12-14-6-8-15(24)9-7-14/h2-9,12H,10-11,13H2,1H3,(H,25,27)/b19-12-. The Morgan fingerprint density at radius 1 is 1.19 bits per heavy atom. The average Bonchev–Trinajstić information content (AvgIpc) is 3.28. The Labute approximate surface area is 193 Å². The van der Waals surface area contributed by atoms with Gasteiger partial charge in [-0.2, -0.15) is 0 Å². The Balaban J connectivity index is 1.41. The first-order valence-corrected chi connectivity index (χ1v) is 11.0. The van der Waals surface area contributed by atoms with Gasteiger partial charge in [0.1, 0.15) is 5.58 Å². The molecule has 0 bridgehead atoms. The van der Waals surface area contributed by atoms with E-state index in [0.717, 1.165) is 27.6 Å². The van der Waals surface area contributed by atoms with Crippen LogP contribution in [0.1, 0.15) is 21.7 Å². The number of amides is 3. The van der Waals surface area contributed by atoms with E-state index in [9.17, 15) is 14.4 Å². The van der Waals surface area contributed by atoms with Crippen LogP contribution in [0.25, 0.3) is 17.0 Å². The summed E-state index contributed by atoms with van der Waals surface area (Å²) in [5, 5.41) is 3.73. The number of rotatable bonds is 7. The van der Waals surface area contributed by atoms with Gasteiger partial charge < -0.3 is 14.5 Å². The molecular weight excluding hydrogens is 452 g/mol. The van der Waals surface area contributed by atoms with Crippen LogP contribution in [0.3, 0.4) is 0 Å². The van der Waals surface area contributed by atoms with E-state index in [2.05, 4.69) is 5.32 Å². The van der Waals surface area contributed by atoms with Crippen molar-refractivity contribution >= 4 is 57.5 Å². The number of nitrogens with one attached hydrogen (secondary N) is 1. The fourth-order valence-corrected chi connectivity index (χ4v) is 4.33. The zero-order valence-electron chi connectivity index (χ0n) is 17.1. The maximum absolute atomic E-state index is 12.7. The number of imide groups is 1. The average molecular weight is 471 g/mol. The lowest BCUT2D eigenvalue weighted by Gasteiger charge is -2.12. The molecule has 1 aliphatic rings. The smallest absolute Gasteiger partial charge is 0.293 e. The zero-order valence-corrected chi connectivity index (χ0v) is 18.7. The second kappa shape index (κ2) is 9.60. The van der Waals surface area contributed by atoms with Crippen molar-refractivity contribution in [2.75, 3.05) is 20.2 Å². The van der Waals surface area contributed by atoms with Crippen LogP contribution in [0.5, 0.6) is 0 Å². The minimum absolute atomic E-state index is 0.0498. The number of furan rings is 1. The first-order valence-electron chi connectivity index (χ1n) is 9.76. The molecule has 0 saturated carbocycles. The molecule has 1 aliphatic heterocycles. The molecule has 1 saturated heterocycles. The molecule has 0 atom stereocenters. The van der Waals surface area contributed by atoms with Crippen LogP contribution in [0.2, 0.25) is 5.02 Å². The highest BCUT2D eigenvalue weighted by atomic mass is 35.5. The Kier molecular flexibility index (Phi) is 6.64. The number of fused-ring (bicyclic) bond motifs is 1. The maximum Gasteiger partial charge on any atom is 0.293 e. The van der Waals surface area contributed by atoms with Crippen LogP contribution < -0.4 is 5.32 Å². The number of benzene rings is 2. The molecule has 0 unspecified atom stereocenters. The van der Waals surface area contributed by atoms with E-state index in [-0.39, 0.29) is 30.7 Å². The Bertz CT molecular complexity index is 1220. The van der Waals surface area contributed by atoms with Crippen molar-refractivity contribution in [3.63, 3.8) is 0 Å². The minimum Gasteiger partial charge on any atom is -0.451 e. The topological polar surface area (TPSA) is 88.9 Å². The molecule has 2 aromatic carbocycles. The van der Waals surface area contributed by atoms with Crippen molar-refractivity contribution in [3.8, 4) is 0 Å². The molecule has 4 rings (SSSR count). The predicted octanol–water partition coefficient (Wildman–Crippen LogP) is 4.70. The molecule has 7 nitrogen and oxygen atoms in total. The van der Waals surface area contributed by atoms with Gasteiger partial charge in [-0.3, -0.25) is 19.3 Å². The lowest BCUT2D eigenvalue weighted by atomic mass is 10.1. The van der Waals surface area contributed by atoms with Crippen molar-refractivity contribution in [2.45, 2.75) is 6.61 Å². The summed E-state index contributed by atoms with van der Waals surface area (Å²) in [6.07, 6.45) is 1.64. The fourth-order valence-electron chi connectivity index (χ4n) is 3.33. The summed E-state index contributed by atoms with van der Waals surface area (Å²) < 4.78 is 10.9. The molecule has 0 aliphatic carbocycles. The van der Waals surface area contributed by atoms with Crippen molar-refractivity contribution in [3.05, 3.63) is 75.3 Å². The first kappa shape index (κ1) is 22.1. The van der Waals surface area contributed by atoms with E-state index in [4.69, 9.17) is 20.8 Å². The molecule has 1 aromatic heterocycles. The molecule has 1 fully saturated rings. The van der Waals surface area contributed by atoms with Crippen LogP contribution in [-0.2, 0) is 16.1 Å². The molecule has 0 radical (unpaired) electrons. The van der Waals surface area contributed by atoms with Crippen LogP contribution >= 0.6 is 23.4 Å². The van der Waals surface area contributed by atoms with Gasteiger partial charge >= 0.3 is 0 Å². The summed E-state index contributed by atoms with van der Waals surface area (Å²) in [5.74, 6) is -0.672. The number of carbonyl (C=O) groups excluding carboxylic acids is 3.